The van der Waals surface area contributed by atoms with E-state index in [1.165, 1.54) is 12.1 Å². The molecule has 5 nitrogen and oxygen atoms in total. The third-order valence-electron chi connectivity index (χ3n) is 3.32. The predicted octanol–water partition coefficient (Wildman–Crippen LogP) is 2.20. The maximum atomic E-state index is 12.4. The van der Waals surface area contributed by atoms with Crippen LogP contribution in [-0.4, -0.2) is 46.5 Å². The highest BCUT2D eigenvalue weighted by atomic mass is 19.4. The molecule has 1 heterocycles. The number of halogens is 3. The molecule has 1 aliphatic heterocycles. The first kappa shape index (κ1) is 15.4. The van der Waals surface area contributed by atoms with E-state index < -0.39 is 30.0 Å². The zero-order valence-corrected chi connectivity index (χ0v) is 10.9. The molecule has 0 aromatic heterocycles. The average Bonchev–Trinajstić information content (AvgIpc) is 2.81. The van der Waals surface area contributed by atoms with Crippen molar-refractivity contribution in [1.29, 1.82) is 0 Å². The monoisotopic (exact) mass is 305 g/mol. The molecule has 8 heteroatoms. The molecular weight excluding hydrogens is 291 g/mol. The Bertz CT molecular complexity index is 503. The zero-order valence-electron chi connectivity index (χ0n) is 10.9. The molecular formula is C13H14F3NO4. The van der Waals surface area contributed by atoms with E-state index in [1.807, 2.05) is 0 Å². The SMILES string of the molecule is O=C(O)N1C[C@H](Oc2ccc(C(F)(F)F)cc2)C[C@H]1CO. The van der Waals surface area contributed by atoms with Gasteiger partial charge in [-0.1, -0.05) is 0 Å². The summed E-state index contributed by atoms with van der Waals surface area (Å²) in [5, 5.41) is 18.1. The molecule has 2 N–H and O–H groups in total. The summed E-state index contributed by atoms with van der Waals surface area (Å²) >= 11 is 0. The zero-order chi connectivity index (χ0) is 15.6. The topological polar surface area (TPSA) is 70.0 Å². The molecule has 2 rings (SSSR count). The van der Waals surface area contributed by atoms with Crippen molar-refractivity contribution < 1.29 is 32.9 Å². The average molecular weight is 305 g/mol. The third kappa shape index (κ3) is 3.57. The minimum atomic E-state index is -4.41. The maximum Gasteiger partial charge on any atom is 0.416 e. The number of aliphatic hydroxyl groups is 1. The summed E-state index contributed by atoms with van der Waals surface area (Å²) in [6, 6.07) is 3.65. The van der Waals surface area contributed by atoms with Gasteiger partial charge in [0.2, 0.25) is 0 Å². The van der Waals surface area contributed by atoms with Gasteiger partial charge in [-0.15, -0.1) is 0 Å². The Balaban J connectivity index is 2.01. The minimum absolute atomic E-state index is 0.0710. The second-order valence-electron chi connectivity index (χ2n) is 4.77. The quantitative estimate of drug-likeness (QED) is 0.898. The number of rotatable bonds is 3. The molecule has 116 valence electrons. The van der Waals surface area contributed by atoms with E-state index in [0.29, 0.717) is 6.42 Å². The molecule has 0 spiro atoms. The first-order valence-electron chi connectivity index (χ1n) is 6.25. The van der Waals surface area contributed by atoms with Crippen LogP contribution in [0.2, 0.25) is 0 Å². The summed E-state index contributed by atoms with van der Waals surface area (Å²) in [4.78, 5) is 12.0. The lowest BCUT2D eigenvalue weighted by Gasteiger charge is -2.18. The maximum absolute atomic E-state index is 12.4. The molecule has 0 radical (unpaired) electrons. The van der Waals surface area contributed by atoms with Crippen molar-refractivity contribution in [3.8, 4) is 5.75 Å². The number of carbonyl (C=O) groups is 1. The summed E-state index contributed by atoms with van der Waals surface area (Å²) < 4.78 is 42.7. The Labute approximate surface area is 118 Å². The third-order valence-corrected chi connectivity index (χ3v) is 3.32. The van der Waals surface area contributed by atoms with Crippen molar-refractivity contribution in [3.05, 3.63) is 29.8 Å². The molecule has 1 saturated heterocycles. The van der Waals surface area contributed by atoms with Gasteiger partial charge < -0.3 is 14.9 Å². The van der Waals surface area contributed by atoms with E-state index in [1.54, 1.807) is 0 Å². The number of likely N-dealkylation sites (tertiary alicyclic amines) is 1. The molecule has 2 atom stereocenters. The van der Waals surface area contributed by atoms with Crippen LogP contribution in [0.25, 0.3) is 0 Å². The highest BCUT2D eigenvalue weighted by Gasteiger charge is 2.36. The van der Waals surface area contributed by atoms with Crippen LogP contribution in [-0.2, 0) is 6.18 Å². The van der Waals surface area contributed by atoms with Crippen molar-refractivity contribution in [2.45, 2.75) is 24.7 Å². The Morgan fingerprint density at radius 1 is 1.33 bits per heavy atom. The van der Waals surface area contributed by atoms with Gasteiger partial charge in [-0.3, -0.25) is 4.90 Å². The van der Waals surface area contributed by atoms with Gasteiger partial charge in [-0.25, -0.2) is 4.79 Å². The molecule has 1 fully saturated rings. The van der Waals surface area contributed by atoms with Crippen molar-refractivity contribution in [1.82, 2.24) is 4.90 Å². The summed E-state index contributed by atoms with van der Waals surface area (Å²) in [6.07, 6.45) is -5.76. The van der Waals surface area contributed by atoms with Crippen LogP contribution < -0.4 is 4.74 Å². The molecule has 0 saturated carbocycles. The summed E-state index contributed by atoms with van der Waals surface area (Å²) in [5.41, 5.74) is -0.776. The van der Waals surface area contributed by atoms with Crippen molar-refractivity contribution >= 4 is 6.09 Å². The normalized spacial score (nSPS) is 22.4. The van der Waals surface area contributed by atoms with Gasteiger partial charge in [-0.2, -0.15) is 13.2 Å². The number of alkyl halides is 3. The first-order chi connectivity index (χ1) is 9.81. The Hall–Kier alpha value is -1.96. The van der Waals surface area contributed by atoms with E-state index >= 15 is 0 Å². The van der Waals surface area contributed by atoms with Gasteiger partial charge in [0.05, 0.1) is 24.8 Å². The molecule has 0 aliphatic carbocycles. The van der Waals surface area contributed by atoms with Crippen molar-refractivity contribution in [2.24, 2.45) is 0 Å². The predicted molar refractivity (Wildman–Crippen MR) is 66.1 cm³/mol. The fourth-order valence-corrected chi connectivity index (χ4v) is 2.28. The number of aliphatic hydroxyl groups excluding tert-OH is 1. The molecule has 0 bridgehead atoms. The highest BCUT2D eigenvalue weighted by molar-refractivity contribution is 5.66. The number of nitrogens with zero attached hydrogens (tertiary/aromatic N) is 1. The van der Waals surface area contributed by atoms with Crippen LogP contribution in [0.1, 0.15) is 12.0 Å². The van der Waals surface area contributed by atoms with Crippen LogP contribution in [0, 0.1) is 0 Å². The molecule has 1 aliphatic rings. The summed E-state index contributed by atoms with van der Waals surface area (Å²) in [5.74, 6) is 0.233. The van der Waals surface area contributed by atoms with E-state index in [-0.39, 0.29) is 18.9 Å². The standard InChI is InChI=1S/C13H14F3NO4/c14-13(15,16)8-1-3-10(4-2-8)21-11-5-9(7-18)17(6-11)12(19)20/h1-4,9,11,18H,5-7H2,(H,19,20)/t9-,11+/m0/s1. The minimum Gasteiger partial charge on any atom is -0.489 e. The lowest BCUT2D eigenvalue weighted by Crippen LogP contribution is -2.36. The van der Waals surface area contributed by atoms with Gasteiger partial charge in [0.25, 0.3) is 0 Å². The van der Waals surface area contributed by atoms with Crippen molar-refractivity contribution in [2.75, 3.05) is 13.2 Å². The second-order valence-corrected chi connectivity index (χ2v) is 4.77. The number of carboxylic acid groups (broad SMARTS) is 1. The number of benzene rings is 1. The van der Waals surface area contributed by atoms with Gasteiger partial charge in [0.1, 0.15) is 11.9 Å². The van der Waals surface area contributed by atoms with Crippen LogP contribution >= 0.6 is 0 Å². The van der Waals surface area contributed by atoms with E-state index in [9.17, 15) is 18.0 Å². The molecule has 0 unspecified atom stereocenters. The van der Waals surface area contributed by atoms with Gasteiger partial charge in [0, 0.05) is 6.42 Å². The lowest BCUT2D eigenvalue weighted by atomic mass is 10.2. The molecule has 1 aromatic rings. The van der Waals surface area contributed by atoms with Gasteiger partial charge >= 0.3 is 12.3 Å². The van der Waals surface area contributed by atoms with Crippen LogP contribution in [0.5, 0.6) is 5.75 Å². The van der Waals surface area contributed by atoms with Crippen LogP contribution in [0.3, 0.4) is 0 Å². The second kappa shape index (κ2) is 5.80. The largest absolute Gasteiger partial charge is 0.489 e. The Morgan fingerprint density at radius 2 is 1.95 bits per heavy atom. The van der Waals surface area contributed by atoms with Crippen molar-refractivity contribution in [3.63, 3.8) is 0 Å². The lowest BCUT2D eigenvalue weighted by molar-refractivity contribution is -0.137. The van der Waals surface area contributed by atoms with Crippen LogP contribution in [0.15, 0.2) is 24.3 Å². The number of ether oxygens (including phenoxy) is 1. The van der Waals surface area contributed by atoms with Gasteiger partial charge in [0.15, 0.2) is 0 Å². The molecule has 21 heavy (non-hydrogen) atoms. The van der Waals surface area contributed by atoms with E-state index in [0.717, 1.165) is 17.0 Å². The molecule has 1 amide bonds. The fraction of sp³-hybridized carbons (Fsp3) is 0.462. The van der Waals surface area contributed by atoms with E-state index in [2.05, 4.69) is 0 Å². The van der Waals surface area contributed by atoms with Crippen LogP contribution in [0.4, 0.5) is 18.0 Å². The Morgan fingerprint density at radius 3 is 2.38 bits per heavy atom. The highest BCUT2D eigenvalue weighted by Crippen LogP contribution is 2.31. The number of hydrogen-bond donors (Lipinski definition) is 2. The Kier molecular flexibility index (Phi) is 4.26. The smallest absolute Gasteiger partial charge is 0.416 e. The fourth-order valence-electron chi connectivity index (χ4n) is 2.28. The summed E-state index contributed by atoms with van der Waals surface area (Å²) in [6.45, 7) is -0.249. The number of amides is 1. The van der Waals surface area contributed by atoms with E-state index in [4.69, 9.17) is 14.9 Å². The molecule has 1 aromatic carbocycles. The number of hydrogen-bond acceptors (Lipinski definition) is 3. The van der Waals surface area contributed by atoms with Gasteiger partial charge in [-0.05, 0) is 24.3 Å². The summed E-state index contributed by atoms with van der Waals surface area (Å²) in [7, 11) is 0. The first-order valence-corrected chi connectivity index (χ1v) is 6.25.